The number of aromatic nitrogens is 4. The molecule has 0 aliphatic carbocycles. The zero-order valence-electron chi connectivity index (χ0n) is 32.7. The molecule has 9 rings (SSSR count). The average molecular weight is 886 g/mol. The van der Waals surface area contributed by atoms with Crippen molar-refractivity contribution < 1.29 is 25.2 Å². The van der Waals surface area contributed by atoms with Gasteiger partial charge in [-0.05, 0) is 79.3 Å². The summed E-state index contributed by atoms with van der Waals surface area (Å²) in [7, 11) is -3.15. The minimum atomic E-state index is -3.15. The first-order valence-corrected chi connectivity index (χ1v) is 19.6. The third kappa shape index (κ3) is 5.71. The van der Waals surface area contributed by atoms with Gasteiger partial charge < -0.3 is 4.57 Å². The summed E-state index contributed by atoms with van der Waals surface area (Å²) in [4.78, 5) is 4.74. The van der Waals surface area contributed by atoms with Crippen molar-refractivity contribution in [3.63, 3.8) is 0 Å². The van der Waals surface area contributed by atoms with E-state index in [1.807, 2.05) is 12.1 Å². The van der Waals surface area contributed by atoms with Crippen LogP contribution in [0.15, 0.2) is 164 Å². The number of nitrogens with zero attached hydrogens (tertiary/aromatic N) is 4. The molecule has 0 atom stereocenters. The predicted octanol–water partition coefficient (Wildman–Crippen LogP) is 8.24. The van der Waals surface area contributed by atoms with Gasteiger partial charge in [-0.15, -0.1) is 22.7 Å². The molecule has 4 nitrogen and oxygen atoms in total. The molecule has 53 heavy (non-hydrogen) atoms. The molecule has 262 valence electrons. The minimum Gasteiger partial charge on any atom is -0.319 e. The van der Waals surface area contributed by atoms with E-state index >= 15 is 0 Å². The molecule has 0 saturated carbocycles. The van der Waals surface area contributed by atoms with E-state index in [1.165, 1.54) is 10.4 Å². The zero-order valence-corrected chi connectivity index (χ0v) is 33.0. The first-order chi connectivity index (χ1) is 26.5. The van der Waals surface area contributed by atoms with E-state index in [0.29, 0.717) is 5.82 Å². The number of benzene rings is 6. The van der Waals surface area contributed by atoms with E-state index in [2.05, 4.69) is 180 Å². The number of aryl methyl sites for hydroxylation is 1. The summed E-state index contributed by atoms with van der Waals surface area (Å²) in [6.07, 6.45) is 3.79. The predicted molar refractivity (Wildman–Crippen MR) is 219 cm³/mol. The Hall–Kier alpha value is -5.35. The minimum absolute atomic E-state index is 0. The van der Waals surface area contributed by atoms with Gasteiger partial charge in [0.2, 0.25) is 0 Å². The summed E-state index contributed by atoms with van der Waals surface area (Å²) in [6.45, 7) is 4.42. The number of hydrogen-bond donors (Lipinski definition) is 0. The summed E-state index contributed by atoms with van der Waals surface area (Å²) in [6, 6.07) is 60.6. The number of fused-ring (bicyclic) bond motifs is 4. The molecule has 0 amide bonds. The van der Waals surface area contributed by atoms with Crippen LogP contribution >= 0.6 is 0 Å². The van der Waals surface area contributed by atoms with Crippen molar-refractivity contribution in [1.82, 2.24) is 18.7 Å². The molecule has 0 fully saturated rings. The normalized spacial score (nSPS) is 13.1. The van der Waals surface area contributed by atoms with Gasteiger partial charge in [0.1, 0.15) is 13.9 Å². The Labute approximate surface area is 330 Å². The van der Waals surface area contributed by atoms with Crippen molar-refractivity contribution in [3.05, 3.63) is 182 Å². The molecule has 3 heterocycles. The third-order valence-electron chi connectivity index (χ3n) is 10.2. The number of pyridine rings is 1. The standard InChI is InChI=1S/C47H39N4Si.Pt/c1-34-28-29-48-46(30-34)51-42-23-12-11-22-40(42)41-27-26-39(32-45(41)51)52(36-17-7-5-8-18-36,37-19-9-6-10-20-37)38-21-15-16-35(31-38)49-33-50(47(2,3)4)44-25-14-13-24-43(44)49;/h5-30,33H,1-4H3;/q-1;/i1D3;. The van der Waals surface area contributed by atoms with Crippen LogP contribution in [0.25, 0.3) is 44.3 Å². The van der Waals surface area contributed by atoms with Gasteiger partial charge in [-0.2, -0.15) is 35.5 Å². The fourth-order valence-corrected chi connectivity index (χ4v) is 12.4. The fraction of sp³-hybridized carbons (Fsp3) is 0.106. The van der Waals surface area contributed by atoms with Crippen LogP contribution in [0.1, 0.15) is 30.4 Å². The van der Waals surface area contributed by atoms with E-state index < -0.39 is 14.9 Å². The maximum absolute atomic E-state index is 8.17. The van der Waals surface area contributed by atoms with Crippen LogP contribution in [-0.2, 0) is 26.6 Å². The molecule has 0 bridgehead atoms. The van der Waals surface area contributed by atoms with Gasteiger partial charge in [0.15, 0.2) is 17.4 Å². The average Bonchev–Trinajstić information content (AvgIpc) is 3.76. The van der Waals surface area contributed by atoms with Crippen LogP contribution in [0.4, 0.5) is 0 Å². The fourth-order valence-electron chi connectivity index (χ4n) is 7.85. The summed E-state index contributed by atoms with van der Waals surface area (Å²) in [5.41, 5.74) is 5.13. The maximum atomic E-state index is 8.17. The molecule has 0 radical (unpaired) electrons. The van der Waals surface area contributed by atoms with Crippen LogP contribution in [0.2, 0.25) is 0 Å². The van der Waals surface area contributed by atoms with Crippen molar-refractivity contribution >= 4 is 61.7 Å². The van der Waals surface area contributed by atoms with Gasteiger partial charge in [-0.25, -0.2) is 14.1 Å². The first kappa shape index (κ1) is 31.2. The van der Waals surface area contributed by atoms with Gasteiger partial charge >= 0.3 is 0 Å². The van der Waals surface area contributed by atoms with Crippen molar-refractivity contribution in [3.8, 4) is 11.5 Å². The Morgan fingerprint density at radius 3 is 1.98 bits per heavy atom. The Balaban J connectivity index is 0.00000441. The summed E-state index contributed by atoms with van der Waals surface area (Å²) in [5, 5.41) is 6.64. The number of imidazole rings is 1. The topological polar surface area (TPSA) is 27.7 Å². The smallest absolute Gasteiger partial charge is 0.188 e. The molecule has 9 aromatic rings. The molecule has 3 aromatic heterocycles. The van der Waals surface area contributed by atoms with Crippen molar-refractivity contribution in [2.24, 2.45) is 0 Å². The largest absolute Gasteiger partial charge is 0.319 e. The molecular formula is C47H39N4PtSi-. The molecule has 0 spiro atoms. The van der Waals surface area contributed by atoms with E-state index in [9.17, 15) is 0 Å². The molecule has 0 saturated heterocycles. The van der Waals surface area contributed by atoms with Crippen molar-refractivity contribution in [1.29, 1.82) is 0 Å². The van der Waals surface area contributed by atoms with E-state index in [4.69, 9.17) is 9.10 Å². The Bertz CT molecular complexity index is 2820. The van der Waals surface area contributed by atoms with Gasteiger partial charge in [-0.1, -0.05) is 84.4 Å². The van der Waals surface area contributed by atoms with Crippen molar-refractivity contribution in [2.45, 2.75) is 33.2 Å². The van der Waals surface area contributed by atoms with Crippen LogP contribution in [0, 0.1) is 19.0 Å². The van der Waals surface area contributed by atoms with Crippen molar-refractivity contribution in [2.75, 3.05) is 0 Å². The van der Waals surface area contributed by atoms with Crippen LogP contribution < -0.4 is 20.7 Å². The second kappa shape index (κ2) is 13.6. The number of rotatable bonds is 6. The summed E-state index contributed by atoms with van der Waals surface area (Å²) in [5.74, 6) is 0.542. The first-order valence-electron chi connectivity index (χ1n) is 19.1. The monoisotopic (exact) mass is 885 g/mol. The molecule has 0 aliphatic rings. The molecule has 6 aromatic carbocycles. The quantitative estimate of drug-likeness (QED) is 0.0941. The van der Waals surface area contributed by atoms with E-state index in [1.54, 1.807) is 18.3 Å². The number of para-hydroxylation sites is 3. The van der Waals surface area contributed by atoms with E-state index in [0.717, 1.165) is 48.9 Å². The maximum Gasteiger partial charge on any atom is 0.188 e. The zero-order chi connectivity index (χ0) is 38.0. The Morgan fingerprint density at radius 1 is 0.642 bits per heavy atom. The number of hydrogen-bond acceptors (Lipinski definition) is 1. The van der Waals surface area contributed by atoms with Gasteiger partial charge in [0, 0.05) is 54.7 Å². The Morgan fingerprint density at radius 2 is 1.28 bits per heavy atom. The Kier molecular flexibility index (Phi) is 7.98. The summed E-state index contributed by atoms with van der Waals surface area (Å²) < 4.78 is 31.2. The molecule has 0 aliphatic heterocycles. The summed E-state index contributed by atoms with van der Waals surface area (Å²) >= 11 is 0. The SMILES string of the molecule is [2H]C([2H])([2H])c1ccnc(-n2c3[c-]c([Si](c4[c-]c(-n5[cH+]n(C(C)(C)C)c6ccccc65)ccc4)(c4ccccc4)c4ccccc4)ccc3c3ccccc32)c1.[Pt]. The van der Waals surface area contributed by atoms with Crippen LogP contribution in [0.3, 0.4) is 0 Å². The van der Waals surface area contributed by atoms with Gasteiger partial charge in [0.05, 0.1) is 5.54 Å². The second-order valence-electron chi connectivity index (χ2n) is 14.3. The van der Waals surface area contributed by atoms with E-state index in [-0.39, 0.29) is 32.2 Å². The molecule has 0 unspecified atom stereocenters. The van der Waals surface area contributed by atoms with Crippen LogP contribution in [0.5, 0.6) is 0 Å². The molecular weight excluding hydrogens is 844 g/mol. The molecule has 6 heteroatoms. The van der Waals surface area contributed by atoms with Gasteiger partial charge in [-0.3, -0.25) is 0 Å². The molecule has 0 N–H and O–H groups in total. The second-order valence-corrected chi connectivity index (χ2v) is 18.1. The third-order valence-corrected chi connectivity index (χ3v) is 14.8. The van der Waals surface area contributed by atoms with Gasteiger partial charge in [0.25, 0.3) is 0 Å². The van der Waals surface area contributed by atoms with Crippen LogP contribution in [-0.4, -0.2) is 26.8 Å².